The van der Waals surface area contributed by atoms with Gasteiger partial charge in [-0.2, -0.15) is 0 Å². The van der Waals surface area contributed by atoms with Crippen LogP contribution in [0.3, 0.4) is 0 Å². The molecule has 2 aromatic carbocycles. The SMILES string of the molecule is CC(N)Cc1ccc(C2CN(c3ccc(OCC4CC4)cc3)C2)cc1. The molecule has 0 amide bonds. The molecule has 1 unspecified atom stereocenters. The maximum Gasteiger partial charge on any atom is 0.119 e. The summed E-state index contributed by atoms with van der Waals surface area (Å²) in [4.78, 5) is 2.44. The van der Waals surface area contributed by atoms with Gasteiger partial charge in [0, 0.05) is 30.7 Å². The van der Waals surface area contributed by atoms with Crippen molar-refractivity contribution in [2.45, 2.75) is 38.1 Å². The fraction of sp³-hybridized carbons (Fsp3) is 0.455. The van der Waals surface area contributed by atoms with Crippen LogP contribution in [0.5, 0.6) is 5.75 Å². The molecule has 3 heteroatoms. The van der Waals surface area contributed by atoms with Crippen molar-refractivity contribution in [1.29, 1.82) is 0 Å². The normalized spacial score (nSPS) is 18.7. The molecule has 1 aliphatic carbocycles. The molecule has 1 saturated heterocycles. The highest BCUT2D eigenvalue weighted by Gasteiger charge is 2.28. The molecule has 1 heterocycles. The van der Waals surface area contributed by atoms with Gasteiger partial charge in [-0.1, -0.05) is 24.3 Å². The lowest BCUT2D eigenvalue weighted by atomic mass is 9.90. The van der Waals surface area contributed by atoms with E-state index in [9.17, 15) is 0 Å². The van der Waals surface area contributed by atoms with Crippen LogP contribution in [0.15, 0.2) is 48.5 Å². The Labute approximate surface area is 150 Å². The quantitative estimate of drug-likeness (QED) is 0.831. The molecule has 0 aromatic heterocycles. The number of anilines is 1. The van der Waals surface area contributed by atoms with E-state index in [0.29, 0.717) is 5.92 Å². The molecule has 1 aliphatic heterocycles. The lowest BCUT2D eigenvalue weighted by molar-refractivity contribution is 0.300. The lowest BCUT2D eigenvalue weighted by Gasteiger charge is -2.41. The summed E-state index contributed by atoms with van der Waals surface area (Å²) in [7, 11) is 0. The Hall–Kier alpha value is -2.00. The van der Waals surface area contributed by atoms with Crippen molar-refractivity contribution in [1.82, 2.24) is 0 Å². The monoisotopic (exact) mass is 336 g/mol. The third-order valence-corrected chi connectivity index (χ3v) is 5.27. The van der Waals surface area contributed by atoms with Crippen molar-refractivity contribution in [2.24, 2.45) is 11.7 Å². The van der Waals surface area contributed by atoms with E-state index in [1.165, 1.54) is 29.7 Å². The fourth-order valence-electron chi connectivity index (χ4n) is 3.45. The highest BCUT2D eigenvalue weighted by Crippen LogP contribution is 2.33. The predicted octanol–water partition coefficient (Wildman–Crippen LogP) is 3.97. The summed E-state index contributed by atoms with van der Waals surface area (Å²) in [6.45, 7) is 5.12. The van der Waals surface area contributed by atoms with Crippen LogP contribution in [0.4, 0.5) is 5.69 Å². The largest absolute Gasteiger partial charge is 0.493 e. The zero-order chi connectivity index (χ0) is 17.2. The van der Waals surface area contributed by atoms with Gasteiger partial charge in [0.15, 0.2) is 0 Å². The third kappa shape index (κ3) is 4.16. The summed E-state index contributed by atoms with van der Waals surface area (Å²) < 4.78 is 5.82. The van der Waals surface area contributed by atoms with E-state index in [2.05, 4.69) is 60.4 Å². The molecule has 4 rings (SSSR count). The van der Waals surface area contributed by atoms with E-state index in [4.69, 9.17) is 10.5 Å². The van der Waals surface area contributed by atoms with Crippen molar-refractivity contribution in [2.75, 3.05) is 24.6 Å². The highest BCUT2D eigenvalue weighted by atomic mass is 16.5. The minimum absolute atomic E-state index is 0.223. The van der Waals surface area contributed by atoms with Gasteiger partial charge in [-0.05, 0) is 67.5 Å². The van der Waals surface area contributed by atoms with Crippen LogP contribution in [0.2, 0.25) is 0 Å². The van der Waals surface area contributed by atoms with Crippen LogP contribution in [0.1, 0.15) is 36.8 Å². The predicted molar refractivity (Wildman–Crippen MR) is 103 cm³/mol. The van der Waals surface area contributed by atoms with Crippen LogP contribution >= 0.6 is 0 Å². The molecular formula is C22H28N2O. The van der Waals surface area contributed by atoms with E-state index in [-0.39, 0.29) is 6.04 Å². The molecule has 2 fully saturated rings. The lowest BCUT2D eigenvalue weighted by Crippen LogP contribution is -2.45. The molecule has 25 heavy (non-hydrogen) atoms. The van der Waals surface area contributed by atoms with Gasteiger partial charge < -0.3 is 15.4 Å². The molecule has 2 aromatic rings. The smallest absolute Gasteiger partial charge is 0.119 e. The number of ether oxygens (including phenoxy) is 1. The van der Waals surface area contributed by atoms with Gasteiger partial charge in [0.05, 0.1) is 6.61 Å². The average Bonchev–Trinajstić information content (AvgIpc) is 3.38. The van der Waals surface area contributed by atoms with E-state index in [1.54, 1.807) is 0 Å². The summed E-state index contributed by atoms with van der Waals surface area (Å²) >= 11 is 0. The van der Waals surface area contributed by atoms with Gasteiger partial charge in [-0.25, -0.2) is 0 Å². The molecule has 0 radical (unpaired) electrons. The summed E-state index contributed by atoms with van der Waals surface area (Å²) in [5.41, 5.74) is 9.94. The molecule has 1 atom stereocenters. The van der Waals surface area contributed by atoms with Gasteiger partial charge in [0.2, 0.25) is 0 Å². The molecular weight excluding hydrogens is 308 g/mol. The number of rotatable bonds is 7. The molecule has 0 bridgehead atoms. The second kappa shape index (κ2) is 7.09. The third-order valence-electron chi connectivity index (χ3n) is 5.27. The Bertz CT molecular complexity index is 683. The van der Waals surface area contributed by atoms with E-state index in [1.807, 2.05) is 0 Å². The van der Waals surface area contributed by atoms with Crippen molar-refractivity contribution in [3.05, 3.63) is 59.7 Å². The van der Waals surface area contributed by atoms with Crippen molar-refractivity contribution in [3.63, 3.8) is 0 Å². The maximum absolute atomic E-state index is 5.87. The molecule has 132 valence electrons. The van der Waals surface area contributed by atoms with Gasteiger partial charge in [-0.15, -0.1) is 0 Å². The molecule has 1 saturated carbocycles. The molecule has 0 spiro atoms. The Kier molecular flexibility index (Phi) is 4.67. The maximum atomic E-state index is 5.87. The van der Waals surface area contributed by atoms with E-state index in [0.717, 1.165) is 37.8 Å². The summed E-state index contributed by atoms with van der Waals surface area (Å²) in [6, 6.07) is 17.8. The molecule has 3 nitrogen and oxygen atoms in total. The number of hydrogen-bond donors (Lipinski definition) is 1. The van der Waals surface area contributed by atoms with Gasteiger partial charge >= 0.3 is 0 Å². The second-order valence-electron chi connectivity index (χ2n) is 7.77. The summed E-state index contributed by atoms with van der Waals surface area (Å²) in [6.07, 6.45) is 3.62. The van der Waals surface area contributed by atoms with Crippen molar-refractivity contribution >= 4 is 5.69 Å². The minimum atomic E-state index is 0.223. The minimum Gasteiger partial charge on any atom is -0.493 e. The molecule has 2 aliphatic rings. The first-order valence-electron chi connectivity index (χ1n) is 9.49. The van der Waals surface area contributed by atoms with Crippen LogP contribution < -0.4 is 15.4 Å². The number of nitrogens with zero attached hydrogens (tertiary/aromatic N) is 1. The Morgan fingerprint density at radius 3 is 2.32 bits per heavy atom. The van der Waals surface area contributed by atoms with Crippen molar-refractivity contribution in [3.8, 4) is 5.75 Å². The average molecular weight is 336 g/mol. The fourth-order valence-corrected chi connectivity index (χ4v) is 3.45. The zero-order valence-electron chi connectivity index (χ0n) is 15.0. The zero-order valence-corrected chi connectivity index (χ0v) is 15.0. The van der Waals surface area contributed by atoms with E-state index < -0.39 is 0 Å². The first kappa shape index (κ1) is 16.5. The highest BCUT2D eigenvalue weighted by molar-refractivity contribution is 5.53. The number of benzene rings is 2. The van der Waals surface area contributed by atoms with Gasteiger partial charge in [0.1, 0.15) is 5.75 Å². The Morgan fingerprint density at radius 1 is 1.04 bits per heavy atom. The van der Waals surface area contributed by atoms with Gasteiger partial charge in [-0.3, -0.25) is 0 Å². The van der Waals surface area contributed by atoms with Gasteiger partial charge in [0.25, 0.3) is 0 Å². The summed E-state index contributed by atoms with van der Waals surface area (Å²) in [5, 5.41) is 0. The summed E-state index contributed by atoms with van der Waals surface area (Å²) in [5.74, 6) is 2.43. The standard InChI is InChI=1S/C22H28N2O/c1-16(23)12-17-4-6-19(7-5-17)20-13-24(14-20)21-8-10-22(11-9-21)25-15-18-2-3-18/h4-11,16,18,20H,2-3,12-15,23H2,1H3. The Morgan fingerprint density at radius 2 is 1.72 bits per heavy atom. The topological polar surface area (TPSA) is 38.5 Å². The first-order valence-corrected chi connectivity index (χ1v) is 9.49. The van der Waals surface area contributed by atoms with Crippen LogP contribution in [0.25, 0.3) is 0 Å². The van der Waals surface area contributed by atoms with E-state index >= 15 is 0 Å². The Balaban J connectivity index is 1.29. The van der Waals surface area contributed by atoms with Crippen molar-refractivity contribution < 1.29 is 4.74 Å². The van der Waals surface area contributed by atoms with Crippen LogP contribution in [-0.2, 0) is 6.42 Å². The molecule has 2 N–H and O–H groups in total. The number of nitrogens with two attached hydrogens (primary N) is 1. The van der Waals surface area contributed by atoms with Crippen LogP contribution in [-0.4, -0.2) is 25.7 Å². The second-order valence-corrected chi connectivity index (χ2v) is 7.77. The first-order chi connectivity index (χ1) is 12.2. The number of hydrogen-bond acceptors (Lipinski definition) is 3. The van der Waals surface area contributed by atoms with Crippen LogP contribution in [0, 0.1) is 5.92 Å².